The maximum Gasteiger partial charge on any atom is 0.287 e. The van der Waals surface area contributed by atoms with Crippen molar-refractivity contribution in [3.63, 3.8) is 0 Å². The Morgan fingerprint density at radius 1 is 1.35 bits per heavy atom. The fourth-order valence-electron chi connectivity index (χ4n) is 3.21. The standard InChI is InChI=1S/C19H25N3O3S/c1-13-7-9-15(10-8-13)24-12-18-21-22(19(26)25-18)11-17(23)20-16-6-4-3-5-14(16)2/h7-10,14,16H,3-6,11-12H2,1-2H3,(H,20,23)/t14-,16-/m0/s1. The normalized spacial score (nSPS) is 19.9. The molecule has 1 aliphatic rings. The smallest absolute Gasteiger partial charge is 0.287 e. The van der Waals surface area contributed by atoms with E-state index >= 15 is 0 Å². The van der Waals surface area contributed by atoms with Gasteiger partial charge in [0.05, 0.1) is 0 Å². The molecular weight excluding hydrogens is 350 g/mol. The van der Waals surface area contributed by atoms with Gasteiger partial charge in [0.1, 0.15) is 12.3 Å². The quantitative estimate of drug-likeness (QED) is 0.778. The number of hydrogen-bond acceptors (Lipinski definition) is 5. The molecule has 1 amide bonds. The number of ether oxygens (including phenoxy) is 1. The van der Waals surface area contributed by atoms with Gasteiger partial charge < -0.3 is 14.5 Å². The molecule has 1 aromatic carbocycles. The average molecular weight is 375 g/mol. The SMILES string of the molecule is Cc1ccc(OCc2nn(CC(=O)N[C@H]3CCCC[C@@H]3C)c(=S)o2)cc1. The third-order valence-corrected chi connectivity index (χ3v) is 5.08. The zero-order chi connectivity index (χ0) is 18.5. The summed E-state index contributed by atoms with van der Waals surface area (Å²) in [4.78, 5) is 12.5. The van der Waals surface area contributed by atoms with Crippen LogP contribution in [0.2, 0.25) is 0 Å². The average Bonchev–Trinajstić information content (AvgIpc) is 2.96. The van der Waals surface area contributed by atoms with Gasteiger partial charge in [0, 0.05) is 6.04 Å². The molecule has 2 atom stereocenters. The first-order valence-electron chi connectivity index (χ1n) is 9.07. The highest BCUT2D eigenvalue weighted by atomic mass is 32.1. The largest absolute Gasteiger partial charge is 0.484 e. The van der Waals surface area contributed by atoms with Crippen LogP contribution in [0, 0.1) is 17.7 Å². The van der Waals surface area contributed by atoms with Crippen molar-refractivity contribution in [1.29, 1.82) is 0 Å². The predicted octanol–water partition coefficient (Wildman–Crippen LogP) is 3.79. The highest BCUT2D eigenvalue weighted by molar-refractivity contribution is 7.71. The van der Waals surface area contributed by atoms with Crippen molar-refractivity contribution in [3.05, 3.63) is 40.6 Å². The number of carbonyl (C=O) groups is 1. The van der Waals surface area contributed by atoms with Crippen LogP contribution >= 0.6 is 12.2 Å². The second-order valence-corrected chi connectivity index (χ2v) is 7.31. The number of benzene rings is 1. The summed E-state index contributed by atoms with van der Waals surface area (Å²) in [6, 6.07) is 7.96. The topological polar surface area (TPSA) is 69.3 Å². The van der Waals surface area contributed by atoms with Gasteiger partial charge in [-0.25, -0.2) is 4.68 Å². The van der Waals surface area contributed by atoms with Gasteiger partial charge in [-0.05, 0) is 50.0 Å². The van der Waals surface area contributed by atoms with Gasteiger partial charge in [0.25, 0.3) is 10.7 Å². The number of rotatable bonds is 6. The lowest BCUT2D eigenvalue weighted by Gasteiger charge is -2.29. The number of aromatic nitrogens is 2. The number of hydrogen-bond donors (Lipinski definition) is 1. The predicted molar refractivity (Wildman–Crippen MR) is 100 cm³/mol. The molecule has 0 radical (unpaired) electrons. The van der Waals surface area contributed by atoms with E-state index in [0.29, 0.717) is 11.8 Å². The Balaban J connectivity index is 1.54. The van der Waals surface area contributed by atoms with Crippen LogP contribution in [-0.4, -0.2) is 21.7 Å². The molecular formula is C19H25N3O3S. The van der Waals surface area contributed by atoms with Crippen molar-refractivity contribution < 1.29 is 13.9 Å². The molecule has 0 aliphatic heterocycles. The Labute approximate surface area is 158 Å². The summed E-state index contributed by atoms with van der Waals surface area (Å²) in [5.41, 5.74) is 1.16. The van der Waals surface area contributed by atoms with Crippen LogP contribution in [0.3, 0.4) is 0 Å². The molecule has 3 rings (SSSR count). The first-order valence-corrected chi connectivity index (χ1v) is 9.48. The first-order chi connectivity index (χ1) is 12.5. The molecule has 1 aliphatic carbocycles. The van der Waals surface area contributed by atoms with E-state index in [0.717, 1.165) is 24.2 Å². The summed E-state index contributed by atoms with van der Waals surface area (Å²) < 4.78 is 12.5. The Hall–Kier alpha value is -2.15. The lowest BCUT2D eigenvalue weighted by Crippen LogP contribution is -2.42. The number of aryl methyl sites for hydroxylation is 1. The Morgan fingerprint density at radius 2 is 2.08 bits per heavy atom. The minimum atomic E-state index is -0.0841. The molecule has 1 fully saturated rings. The fourth-order valence-corrected chi connectivity index (χ4v) is 3.41. The molecule has 0 unspecified atom stereocenters. The van der Waals surface area contributed by atoms with Crippen molar-refractivity contribution in [1.82, 2.24) is 15.1 Å². The van der Waals surface area contributed by atoms with Crippen molar-refractivity contribution in [2.45, 2.75) is 58.7 Å². The highest BCUT2D eigenvalue weighted by Gasteiger charge is 2.23. The minimum Gasteiger partial charge on any atom is -0.484 e. The van der Waals surface area contributed by atoms with Gasteiger partial charge >= 0.3 is 0 Å². The molecule has 7 heteroatoms. The van der Waals surface area contributed by atoms with Crippen molar-refractivity contribution in [2.75, 3.05) is 0 Å². The second kappa shape index (κ2) is 8.49. The lowest BCUT2D eigenvalue weighted by atomic mass is 9.86. The van der Waals surface area contributed by atoms with Crippen LogP contribution in [0.25, 0.3) is 0 Å². The van der Waals surface area contributed by atoms with E-state index in [1.807, 2.05) is 31.2 Å². The van der Waals surface area contributed by atoms with Crippen LogP contribution in [-0.2, 0) is 17.9 Å². The molecule has 26 heavy (non-hydrogen) atoms. The van der Waals surface area contributed by atoms with E-state index in [-0.39, 0.29) is 29.9 Å². The van der Waals surface area contributed by atoms with Crippen LogP contribution in [0.1, 0.15) is 44.1 Å². The summed E-state index contributed by atoms with van der Waals surface area (Å²) in [6.45, 7) is 4.44. The molecule has 0 bridgehead atoms. The number of nitrogens with one attached hydrogen (secondary N) is 1. The van der Waals surface area contributed by atoms with Crippen LogP contribution in [0.15, 0.2) is 28.7 Å². The number of nitrogens with zero attached hydrogens (tertiary/aromatic N) is 2. The van der Waals surface area contributed by atoms with Gasteiger partial charge in [-0.2, -0.15) is 0 Å². The van der Waals surface area contributed by atoms with Gasteiger partial charge in [0.15, 0.2) is 6.61 Å². The first kappa shape index (κ1) is 18.6. The Kier molecular flexibility index (Phi) is 6.08. The van der Waals surface area contributed by atoms with E-state index in [4.69, 9.17) is 21.4 Å². The fraction of sp³-hybridized carbons (Fsp3) is 0.526. The van der Waals surface area contributed by atoms with Gasteiger partial charge in [-0.15, -0.1) is 5.10 Å². The highest BCUT2D eigenvalue weighted by Crippen LogP contribution is 2.23. The monoisotopic (exact) mass is 375 g/mol. The Morgan fingerprint density at radius 3 is 2.81 bits per heavy atom. The van der Waals surface area contributed by atoms with E-state index in [1.165, 1.54) is 17.5 Å². The third-order valence-electron chi connectivity index (χ3n) is 4.78. The Bertz CT molecular complexity index is 797. The van der Waals surface area contributed by atoms with Gasteiger partial charge in [-0.1, -0.05) is 37.5 Å². The van der Waals surface area contributed by atoms with E-state index < -0.39 is 0 Å². The molecule has 0 saturated heterocycles. The number of amides is 1. The van der Waals surface area contributed by atoms with Crippen molar-refractivity contribution in [2.24, 2.45) is 5.92 Å². The molecule has 140 valence electrons. The van der Waals surface area contributed by atoms with Crippen LogP contribution < -0.4 is 10.1 Å². The summed E-state index contributed by atoms with van der Waals surface area (Å²) in [5.74, 6) is 1.51. The lowest BCUT2D eigenvalue weighted by molar-refractivity contribution is -0.123. The molecule has 1 N–H and O–H groups in total. The van der Waals surface area contributed by atoms with Crippen LogP contribution in [0.5, 0.6) is 5.75 Å². The zero-order valence-corrected chi connectivity index (χ0v) is 16.1. The molecule has 1 aromatic heterocycles. The maximum absolute atomic E-state index is 12.3. The molecule has 1 saturated carbocycles. The summed E-state index contributed by atoms with van der Waals surface area (Å²) >= 11 is 5.17. The molecule has 2 aromatic rings. The minimum absolute atomic E-state index is 0.0656. The summed E-state index contributed by atoms with van der Waals surface area (Å²) in [5, 5.41) is 7.35. The summed E-state index contributed by atoms with van der Waals surface area (Å²) in [7, 11) is 0. The van der Waals surface area contributed by atoms with Crippen molar-refractivity contribution in [3.8, 4) is 5.75 Å². The molecule has 0 spiro atoms. The maximum atomic E-state index is 12.3. The molecule has 6 nitrogen and oxygen atoms in total. The second-order valence-electron chi connectivity index (χ2n) is 6.96. The van der Waals surface area contributed by atoms with E-state index in [1.54, 1.807) is 0 Å². The third kappa shape index (κ3) is 4.94. The van der Waals surface area contributed by atoms with E-state index in [2.05, 4.69) is 17.3 Å². The van der Waals surface area contributed by atoms with Crippen molar-refractivity contribution >= 4 is 18.1 Å². The van der Waals surface area contributed by atoms with Gasteiger partial charge in [-0.3, -0.25) is 4.79 Å². The summed E-state index contributed by atoms with van der Waals surface area (Å²) in [6.07, 6.45) is 4.60. The molecule has 1 heterocycles. The van der Waals surface area contributed by atoms with Crippen LogP contribution in [0.4, 0.5) is 0 Å². The number of carbonyl (C=O) groups excluding carboxylic acids is 1. The zero-order valence-electron chi connectivity index (χ0n) is 15.2. The van der Waals surface area contributed by atoms with Gasteiger partial charge in [0.2, 0.25) is 5.91 Å². The van der Waals surface area contributed by atoms with E-state index in [9.17, 15) is 4.79 Å².